The highest BCUT2D eigenvalue weighted by atomic mass is 32.2. The number of rotatable bonds is 0. The molecule has 0 atom stereocenters. The Morgan fingerprint density at radius 3 is 1.64 bits per heavy atom. The number of thiol groups is 1. The van der Waals surface area contributed by atoms with Gasteiger partial charge in [-0.05, 0) is 24.3 Å². The first-order valence-electron chi connectivity index (χ1n) is 4.53. The van der Waals surface area contributed by atoms with Crippen molar-refractivity contribution in [2.24, 2.45) is 0 Å². The van der Waals surface area contributed by atoms with Crippen molar-refractivity contribution >= 4 is 10.8 Å². The molecule has 68 valence electrons. The Labute approximate surface area is 84.9 Å². The molecule has 3 rings (SSSR count). The fourth-order valence-electron chi connectivity index (χ4n) is 1.89. The van der Waals surface area contributed by atoms with Gasteiger partial charge in [-0.1, -0.05) is 28.5 Å². The van der Waals surface area contributed by atoms with E-state index >= 15 is 0 Å². The Morgan fingerprint density at radius 1 is 0.714 bits per heavy atom. The van der Waals surface area contributed by atoms with Crippen LogP contribution in [0.3, 0.4) is 0 Å². The van der Waals surface area contributed by atoms with E-state index in [4.69, 9.17) is 0 Å². The van der Waals surface area contributed by atoms with Crippen LogP contribution in [0, 0.1) is 0 Å². The van der Waals surface area contributed by atoms with Crippen LogP contribution in [-0.4, -0.2) is 0 Å². The SMILES string of the molecule is O=[SH+]1c2ccccc2-c2ccccc21. The zero-order valence-electron chi connectivity index (χ0n) is 7.47. The van der Waals surface area contributed by atoms with Crippen molar-refractivity contribution in [3.63, 3.8) is 0 Å². The lowest BCUT2D eigenvalue weighted by atomic mass is 10.1. The first-order valence-corrected chi connectivity index (χ1v) is 5.79. The van der Waals surface area contributed by atoms with Crippen LogP contribution in [0.15, 0.2) is 58.3 Å². The molecule has 0 aliphatic carbocycles. The second-order valence-corrected chi connectivity index (χ2v) is 4.88. The second-order valence-electron chi connectivity index (χ2n) is 3.33. The lowest BCUT2D eigenvalue weighted by Gasteiger charge is -1.91. The summed E-state index contributed by atoms with van der Waals surface area (Å²) >= 11 is 0. The van der Waals surface area contributed by atoms with E-state index < -0.39 is 10.8 Å². The fourth-order valence-corrected chi connectivity index (χ4v) is 3.42. The molecule has 0 radical (unpaired) electrons. The van der Waals surface area contributed by atoms with Gasteiger partial charge < -0.3 is 0 Å². The Morgan fingerprint density at radius 2 is 1.14 bits per heavy atom. The van der Waals surface area contributed by atoms with Crippen molar-refractivity contribution in [3.05, 3.63) is 48.5 Å². The van der Waals surface area contributed by atoms with Crippen molar-refractivity contribution < 1.29 is 4.21 Å². The summed E-state index contributed by atoms with van der Waals surface area (Å²) in [5.74, 6) is 0. The molecular weight excluding hydrogens is 192 g/mol. The van der Waals surface area contributed by atoms with Gasteiger partial charge in [0, 0.05) is 11.1 Å². The van der Waals surface area contributed by atoms with Gasteiger partial charge >= 0.3 is 0 Å². The largest absolute Gasteiger partial charge is 0.169 e. The molecule has 0 saturated carbocycles. The van der Waals surface area contributed by atoms with Crippen LogP contribution in [0.1, 0.15) is 0 Å². The number of hydrogen-bond acceptors (Lipinski definition) is 1. The normalized spacial score (nSPS) is 13.7. The van der Waals surface area contributed by atoms with Gasteiger partial charge in [-0.15, -0.1) is 0 Å². The lowest BCUT2D eigenvalue weighted by Crippen LogP contribution is -1.82. The average molecular weight is 201 g/mol. The number of hydrogen-bond donors (Lipinski definition) is 0. The van der Waals surface area contributed by atoms with Crippen LogP contribution in [-0.2, 0) is 15.0 Å². The predicted octanol–water partition coefficient (Wildman–Crippen LogP) is 2.78. The molecule has 0 bridgehead atoms. The maximum absolute atomic E-state index is 12.0. The van der Waals surface area contributed by atoms with Gasteiger partial charge in [-0.3, -0.25) is 0 Å². The van der Waals surface area contributed by atoms with Crippen molar-refractivity contribution in [2.45, 2.75) is 9.79 Å². The van der Waals surface area contributed by atoms with E-state index in [0.29, 0.717) is 0 Å². The zero-order valence-corrected chi connectivity index (χ0v) is 8.37. The molecule has 1 aliphatic heterocycles. The van der Waals surface area contributed by atoms with E-state index in [0.717, 1.165) is 20.9 Å². The molecule has 2 aromatic rings. The Hall–Kier alpha value is -1.41. The first-order chi connectivity index (χ1) is 6.88. The minimum atomic E-state index is -1.35. The van der Waals surface area contributed by atoms with Gasteiger partial charge in [0.25, 0.3) is 0 Å². The summed E-state index contributed by atoms with van der Waals surface area (Å²) in [6.07, 6.45) is 0. The quantitative estimate of drug-likeness (QED) is 0.404. The van der Waals surface area contributed by atoms with Crippen LogP contribution in [0.25, 0.3) is 11.1 Å². The minimum Gasteiger partial charge on any atom is -0.0960 e. The van der Waals surface area contributed by atoms with Gasteiger partial charge in [-0.2, -0.15) is 0 Å². The molecule has 0 N–H and O–H groups in total. The standard InChI is InChI=1S/C12H8OS/c13-14-11-7-3-1-5-9(11)10-6-2-4-8-12(10)14/h1-8H/p+1. The highest BCUT2D eigenvalue weighted by Crippen LogP contribution is 2.39. The summed E-state index contributed by atoms with van der Waals surface area (Å²) in [5.41, 5.74) is 2.26. The van der Waals surface area contributed by atoms with Crippen molar-refractivity contribution in [3.8, 4) is 11.1 Å². The fraction of sp³-hybridized carbons (Fsp3) is 0. The monoisotopic (exact) mass is 201 g/mol. The lowest BCUT2D eigenvalue weighted by molar-refractivity contribution is 0.597. The molecule has 2 aromatic carbocycles. The molecule has 1 nitrogen and oxygen atoms in total. The average Bonchev–Trinajstić information content (AvgIpc) is 2.55. The second kappa shape index (κ2) is 2.79. The van der Waals surface area contributed by atoms with E-state index in [1.54, 1.807) is 0 Å². The zero-order chi connectivity index (χ0) is 9.54. The summed E-state index contributed by atoms with van der Waals surface area (Å²) in [6.45, 7) is 0. The molecule has 0 fully saturated rings. The van der Waals surface area contributed by atoms with Crippen molar-refractivity contribution in [1.82, 2.24) is 0 Å². The maximum atomic E-state index is 12.0. The minimum absolute atomic E-state index is 0.976. The Kier molecular flexibility index (Phi) is 1.58. The van der Waals surface area contributed by atoms with Gasteiger partial charge in [0.2, 0.25) is 0 Å². The Bertz CT molecular complexity index is 484. The highest BCUT2D eigenvalue weighted by Gasteiger charge is 2.30. The smallest absolute Gasteiger partial charge is 0.0960 e. The van der Waals surface area contributed by atoms with Crippen LogP contribution in [0.4, 0.5) is 0 Å². The summed E-state index contributed by atoms with van der Waals surface area (Å²) in [4.78, 5) is 1.95. The van der Waals surface area contributed by atoms with Crippen LogP contribution >= 0.6 is 0 Å². The molecule has 0 spiro atoms. The molecule has 2 heteroatoms. The number of fused-ring (bicyclic) bond motifs is 3. The van der Waals surface area contributed by atoms with E-state index in [2.05, 4.69) is 0 Å². The molecule has 14 heavy (non-hydrogen) atoms. The van der Waals surface area contributed by atoms with E-state index in [1.165, 1.54) is 0 Å². The molecule has 1 aliphatic rings. The predicted molar refractivity (Wildman–Crippen MR) is 57.9 cm³/mol. The van der Waals surface area contributed by atoms with Crippen molar-refractivity contribution in [1.29, 1.82) is 0 Å². The summed E-state index contributed by atoms with van der Waals surface area (Å²) < 4.78 is 12.0. The molecule has 1 heterocycles. The van der Waals surface area contributed by atoms with Crippen LogP contribution in [0.5, 0.6) is 0 Å². The third kappa shape index (κ3) is 0.917. The van der Waals surface area contributed by atoms with E-state index in [9.17, 15) is 4.21 Å². The van der Waals surface area contributed by atoms with Crippen LogP contribution in [0.2, 0.25) is 0 Å². The summed E-state index contributed by atoms with van der Waals surface area (Å²) in [6, 6.07) is 15.8. The maximum Gasteiger partial charge on any atom is 0.169 e. The molecule has 0 unspecified atom stereocenters. The Balaban J connectivity index is 2.42. The molecule has 0 amide bonds. The summed E-state index contributed by atoms with van der Waals surface area (Å²) in [7, 11) is -1.35. The third-order valence-corrected chi connectivity index (χ3v) is 4.19. The number of benzene rings is 2. The summed E-state index contributed by atoms with van der Waals surface area (Å²) in [5, 5.41) is 0. The molecule has 0 saturated heterocycles. The van der Waals surface area contributed by atoms with Gasteiger partial charge in [-0.25, -0.2) is 0 Å². The van der Waals surface area contributed by atoms with Crippen LogP contribution < -0.4 is 0 Å². The van der Waals surface area contributed by atoms with E-state index in [1.807, 2.05) is 48.5 Å². The van der Waals surface area contributed by atoms with E-state index in [-0.39, 0.29) is 0 Å². The van der Waals surface area contributed by atoms with Gasteiger partial charge in [0.05, 0.1) is 0 Å². The van der Waals surface area contributed by atoms with Crippen molar-refractivity contribution in [2.75, 3.05) is 0 Å². The highest BCUT2D eigenvalue weighted by molar-refractivity contribution is 7.85. The van der Waals surface area contributed by atoms with Gasteiger partial charge in [0.15, 0.2) is 9.79 Å². The first kappa shape index (κ1) is 7.94. The third-order valence-electron chi connectivity index (χ3n) is 2.54. The van der Waals surface area contributed by atoms with Gasteiger partial charge in [0.1, 0.15) is 10.8 Å². The topological polar surface area (TPSA) is 17.1 Å². The molecule has 0 aromatic heterocycles. The molecular formula is C12H9OS+.